The number of aliphatic hydroxyl groups excluding tert-OH is 1. The smallest absolute Gasteiger partial charge is 0.0558 e. The van der Waals surface area contributed by atoms with Crippen LogP contribution >= 0.6 is 12.6 Å². The summed E-state index contributed by atoms with van der Waals surface area (Å²) in [6, 6.07) is 0.738. The highest BCUT2D eigenvalue weighted by Crippen LogP contribution is 2.26. The molecule has 1 aliphatic carbocycles. The summed E-state index contributed by atoms with van der Waals surface area (Å²) in [6.07, 6.45) is 6.78. The van der Waals surface area contributed by atoms with Gasteiger partial charge in [0.05, 0.1) is 6.61 Å². The Morgan fingerprint density at radius 1 is 1.42 bits per heavy atom. The number of aliphatic hydroxyl groups is 1. The van der Waals surface area contributed by atoms with E-state index in [-0.39, 0.29) is 6.61 Å². The van der Waals surface area contributed by atoms with E-state index in [4.69, 9.17) is 5.11 Å². The Balaban J connectivity index is 2.18. The molecule has 1 fully saturated rings. The van der Waals surface area contributed by atoms with Crippen molar-refractivity contribution >= 4 is 12.6 Å². The minimum Gasteiger partial charge on any atom is -0.395 e. The molecule has 1 saturated carbocycles. The molecule has 2 nitrogen and oxygen atoms in total. The zero-order chi connectivity index (χ0) is 8.81. The van der Waals surface area contributed by atoms with Crippen LogP contribution in [0.2, 0.25) is 0 Å². The second-order valence-electron chi connectivity index (χ2n) is 3.10. The third kappa shape index (κ3) is 3.61. The van der Waals surface area contributed by atoms with Gasteiger partial charge in [-0.3, -0.25) is 4.90 Å². The van der Waals surface area contributed by atoms with Crippen molar-refractivity contribution in [2.45, 2.75) is 18.9 Å². The molecule has 1 rings (SSSR count). The van der Waals surface area contributed by atoms with Crippen LogP contribution in [0.3, 0.4) is 0 Å². The summed E-state index contributed by atoms with van der Waals surface area (Å²) in [5, 5.41) is 8.79. The van der Waals surface area contributed by atoms with Gasteiger partial charge in [-0.2, -0.15) is 12.6 Å². The number of rotatable bonds is 6. The van der Waals surface area contributed by atoms with Gasteiger partial charge in [-0.1, -0.05) is 12.2 Å². The SMILES string of the molecule is OCCN(CC=CCS)C1CC1. The first-order valence-electron chi connectivity index (χ1n) is 4.49. The first kappa shape index (κ1) is 10.1. The van der Waals surface area contributed by atoms with E-state index < -0.39 is 0 Å². The topological polar surface area (TPSA) is 23.5 Å². The lowest BCUT2D eigenvalue weighted by molar-refractivity contribution is 0.202. The fourth-order valence-corrected chi connectivity index (χ4v) is 1.42. The van der Waals surface area contributed by atoms with Gasteiger partial charge in [0.2, 0.25) is 0 Å². The van der Waals surface area contributed by atoms with Gasteiger partial charge >= 0.3 is 0 Å². The molecule has 0 radical (unpaired) electrons. The van der Waals surface area contributed by atoms with Gasteiger partial charge in [-0.25, -0.2) is 0 Å². The lowest BCUT2D eigenvalue weighted by atomic mass is 10.4. The maximum absolute atomic E-state index is 8.79. The van der Waals surface area contributed by atoms with Crippen molar-refractivity contribution in [2.24, 2.45) is 0 Å². The van der Waals surface area contributed by atoms with E-state index in [9.17, 15) is 0 Å². The second-order valence-corrected chi connectivity index (χ2v) is 3.47. The van der Waals surface area contributed by atoms with Crippen LogP contribution < -0.4 is 0 Å². The van der Waals surface area contributed by atoms with Crippen LogP contribution in [0.4, 0.5) is 0 Å². The molecule has 0 aliphatic heterocycles. The average molecular weight is 187 g/mol. The quantitative estimate of drug-likeness (QED) is 0.477. The number of nitrogens with zero attached hydrogens (tertiary/aromatic N) is 1. The normalized spacial score (nSPS) is 17.9. The number of hydrogen-bond acceptors (Lipinski definition) is 3. The molecule has 0 amide bonds. The van der Waals surface area contributed by atoms with Crippen LogP contribution in [0.25, 0.3) is 0 Å². The molecule has 0 spiro atoms. The minimum absolute atomic E-state index is 0.269. The standard InChI is InChI=1S/C9H17NOS/c11-7-6-10(9-3-4-9)5-1-2-8-12/h1-2,9,11-12H,3-8H2. The van der Waals surface area contributed by atoms with Crippen LogP contribution in [0, 0.1) is 0 Å². The number of thiol groups is 1. The van der Waals surface area contributed by atoms with Gasteiger partial charge in [-0.15, -0.1) is 0 Å². The molecule has 0 saturated heterocycles. The highest BCUT2D eigenvalue weighted by Gasteiger charge is 2.27. The van der Waals surface area contributed by atoms with Gasteiger partial charge < -0.3 is 5.11 Å². The van der Waals surface area contributed by atoms with E-state index in [2.05, 4.69) is 29.7 Å². The first-order valence-corrected chi connectivity index (χ1v) is 5.12. The van der Waals surface area contributed by atoms with Crippen molar-refractivity contribution in [2.75, 3.05) is 25.4 Å². The lowest BCUT2D eigenvalue weighted by Gasteiger charge is -2.18. The molecule has 0 aromatic carbocycles. The van der Waals surface area contributed by atoms with Crippen LogP contribution in [-0.4, -0.2) is 41.5 Å². The molecular formula is C9H17NOS. The summed E-state index contributed by atoms with van der Waals surface area (Å²) < 4.78 is 0. The highest BCUT2D eigenvalue weighted by atomic mass is 32.1. The molecule has 0 aromatic heterocycles. The third-order valence-electron chi connectivity index (χ3n) is 2.06. The molecule has 1 aliphatic rings. The molecule has 0 bridgehead atoms. The Morgan fingerprint density at radius 3 is 2.67 bits per heavy atom. The van der Waals surface area contributed by atoms with Crippen LogP contribution in [0.5, 0.6) is 0 Å². The fraction of sp³-hybridized carbons (Fsp3) is 0.778. The van der Waals surface area contributed by atoms with E-state index in [1.807, 2.05) is 0 Å². The fourth-order valence-electron chi connectivity index (χ4n) is 1.28. The van der Waals surface area contributed by atoms with E-state index in [1.165, 1.54) is 12.8 Å². The Kier molecular flexibility index (Phi) is 4.73. The van der Waals surface area contributed by atoms with Crippen LogP contribution in [-0.2, 0) is 0 Å². The summed E-state index contributed by atoms with van der Waals surface area (Å²) in [6.45, 7) is 2.04. The molecule has 0 heterocycles. The molecule has 70 valence electrons. The van der Waals surface area contributed by atoms with Crippen molar-refractivity contribution < 1.29 is 5.11 Å². The summed E-state index contributed by atoms with van der Waals surface area (Å²) in [7, 11) is 0. The predicted octanol–water partition coefficient (Wildman–Crippen LogP) is 0.929. The molecule has 3 heteroatoms. The van der Waals surface area contributed by atoms with Gasteiger partial charge in [0.1, 0.15) is 0 Å². The van der Waals surface area contributed by atoms with Gasteiger partial charge in [0.25, 0.3) is 0 Å². The second kappa shape index (κ2) is 5.62. The van der Waals surface area contributed by atoms with E-state index >= 15 is 0 Å². The molecule has 12 heavy (non-hydrogen) atoms. The summed E-state index contributed by atoms with van der Waals surface area (Å²) in [5.74, 6) is 0.803. The zero-order valence-corrected chi connectivity index (χ0v) is 8.21. The third-order valence-corrected chi connectivity index (χ3v) is 2.27. The summed E-state index contributed by atoms with van der Waals surface area (Å²) in [5.41, 5.74) is 0. The minimum atomic E-state index is 0.269. The molecule has 1 N–H and O–H groups in total. The van der Waals surface area contributed by atoms with Crippen molar-refractivity contribution in [1.29, 1.82) is 0 Å². The van der Waals surface area contributed by atoms with Gasteiger partial charge in [0, 0.05) is 24.9 Å². The average Bonchev–Trinajstić information content (AvgIpc) is 2.86. The Labute approximate surface area is 79.7 Å². The molecule has 0 aromatic rings. The van der Waals surface area contributed by atoms with E-state index in [1.54, 1.807) is 0 Å². The molecular weight excluding hydrogens is 170 g/mol. The predicted molar refractivity (Wildman–Crippen MR) is 54.7 cm³/mol. The maximum atomic E-state index is 8.79. The van der Waals surface area contributed by atoms with E-state index in [0.717, 1.165) is 24.9 Å². The zero-order valence-electron chi connectivity index (χ0n) is 7.32. The van der Waals surface area contributed by atoms with Gasteiger partial charge in [0.15, 0.2) is 0 Å². The van der Waals surface area contributed by atoms with E-state index in [0.29, 0.717) is 0 Å². The maximum Gasteiger partial charge on any atom is 0.0558 e. The molecule has 0 unspecified atom stereocenters. The molecule has 0 atom stereocenters. The Hall–Kier alpha value is 0.01000. The van der Waals surface area contributed by atoms with Crippen molar-refractivity contribution in [3.05, 3.63) is 12.2 Å². The van der Waals surface area contributed by atoms with Crippen molar-refractivity contribution in [3.8, 4) is 0 Å². The monoisotopic (exact) mass is 187 g/mol. The van der Waals surface area contributed by atoms with Crippen molar-refractivity contribution in [3.63, 3.8) is 0 Å². The Bertz CT molecular complexity index is 145. The van der Waals surface area contributed by atoms with Crippen molar-refractivity contribution in [1.82, 2.24) is 4.90 Å². The summed E-state index contributed by atoms with van der Waals surface area (Å²) >= 11 is 4.09. The highest BCUT2D eigenvalue weighted by molar-refractivity contribution is 7.80. The number of hydrogen-bond donors (Lipinski definition) is 2. The Morgan fingerprint density at radius 2 is 2.17 bits per heavy atom. The van der Waals surface area contributed by atoms with Crippen LogP contribution in [0.1, 0.15) is 12.8 Å². The van der Waals surface area contributed by atoms with Crippen LogP contribution in [0.15, 0.2) is 12.2 Å². The summed E-state index contributed by atoms with van der Waals surface area (Å²) in [4.78, 5) is 2.32. The lowest BCUT2D eigenvalue weighted by Crippen LogP contribution is -2.29. The first-order chi connectivity index (χ1) is 5.88. The van der Waals surface area contributed by atoms with Gasteiger partial charge in [-0.05, 0) is 12.8 Å². The largest absolute Gasteiger partial charge is 0.395 e.